The van der Waals surface area contributed by atoms with Gasteiger partial charge < -0.3 is 24.1 Å². The SMILES string of the molecule is CCCCc1nc2c(N)nc3ccc(CCCOCCCN=C=O)cc3c2n1Cc1cc(OP(=O)(O)O)ccc1OP(=O)(O)O. The zero-order valence-electron chi connectivity index (χ0n) is 24.5. The molecule has 6 N–H and O–H groups in total. The minimum atomic E-state index is -4.99. The summed E-state index contributed by atoms with van der Waals surface area (Å²) < 4.78 is 40.5. The lowest BCUT2D eigenvalue weighted by Gasteiger charge is -2.17. The zero-order chi connectivity index (χ0) is 32.6. The van der Waals surface area contributed by atoms with E-state index in [9.17, 15) is 33.5 Å². The van der Waals surface area contributed by atoms with Gasteiger partial charge in [0.05, 0.1) is 24.1 Å². The number of nitrogens with zero attached hydrogens (tertiary/aromatic N) is 4. The number of aromatic nitrogens is 3. The number of pyridine rings is 1. The number of nitrogens with two attached hydrogens (primary N) is 1. The molecule has 0 unspecified atom stereocenters. The van der Waals surface area contributed by atoms with Crippen molar-refractivity contribution in [2.45, 2.75) is 52.0 Å². The van der Waals surface area contributed by atoms with Crippen LogP contribution in [0, 0.1) is 0 Å². The highest BCUT2D eigenvalue weighted by molar-refractivity contribution is 7.47. The second-order valence-corrected chi connectivity index (χ2v) is 12.6. The number of unbranched alkanes of at least 4 members (excludes halogenated alkanes) is 1. The van der Waals surface area contributed by atoms with Crippen molar-refractivity contribution in [2.75, 3.05) is 25.5 Å². The molecule has 0 radical (unpaired) electrons. The number of benzene rings is 2. The molecular weight excluding hydrogens is 628 g/mol. The number of rotatable bonds is 17. The maximum Gasteiger partial charge on any atom is 0.524 e. The molecule has 2 heterocycles. The smallest absolute Gasteiger partial charge is 0.404 e. The summed E-state index contributed by atoms with van der Waals surface area (Å²) in [6.07, 6.45) is 5.78. The van der Waals surface area contributed by atoms with Crippen molar-refractivity contribution in [3.05, 3.63) is 53.3 Å². The Kier molecular flexibility index (Phi) is 11.5. The van der Waals surface area contributed by atoms with E-state index in [1.807, 2.05) is 29.7 Å². The molecule has 4 aromatic rings. The highest BCUT2D eigenvalue weighted by Gasteiger charge is 2.24. The number of ether oxygens (including phenoxy) is 1. The minimum Gasteiger partial charge on any atom is -0.404 e. The number of hydrogen-bond acceptors (Lipinski definition) is 10. The molecule has 2 aromatic heterocycles. The van der Waals surface area contributed by atoms with E-state index in [-0.39, 0.29) is 29.4 Å². The van der Waals surface area contributed by atoms with E-state index in [4.69, 9.17) is 24.5 Å². The van der Waals surface area contributed by atoms with Gasteiger partial charge in [-0.2, -0.15) is 0 Å². The molecule has 2 aromatic carbocycles. The first-order valence-corrected chi connectivity index (χ1v) is 17.3. The topological polar surface area (TPSA) is 229 Å². The van der Waals surface area contributed by atoms with E-state index in [0.29, 0.717) is 61.4 Å². The summed E-state index contributed by atoms with van der Waals surface area (Å²) in [6, 6.07) is 9.37. The number of carbonyl (C=O) groups excluding carboxylic acids is 1. The van der Waals surface area contributed by atoms with Crippen molar-refractivity contribution in [3.63, 3.8) is 0 Å². The molecule has 0 atom stereocenters. The van der Waals surface area contributed by atoms with Crippen LogP contribution in [0.1, 0.15) is 49.6 Å². The Bertz CT molecular complexity index is 1800. The van der Waals surface area contributed by atoms with Gasteiger partial charge in [0, 0.05) is 30.6 Å². The first kappa shape index (κ1) is 34.2. The van der Waals surface area contributed by atoms with E-state index >= 15 is 0 Å². The number of isocyanates is 1. The molecule has 0 bridgehead atoms. The van der Waals surface area contributed by atoms with Gasteiger partial charge in [0.1, 0.15) is 22.8 Å². The molecule has 0 saturated carbocycles. The Morgan fingerprint density at radius 1 is 0.956 bits per heavy atom. The second-order valence-electron chi connectivity index (χ2n) is 10.2. The Morgan fingerprint density at radius 3 is 2.42 bits per heavy atom. The molecule has 0 spiro atoms. The lowest BCUT2D eigenvalue weighted by atomic mass is 10.1. The molecule has 0 aliphatic carbocycles. The Hall–Kier alpha value is -3.64. The first-order valence-electron chi connectivity index (χ1n) is 14.2. The zero-order valence-corrected chi connectivity index (χ0v) is 26.3. The lowest BCUT2D eigenvalue weighted by Crippen LogP contribution is -2.08. The Labute approximate surface area is 258 Å². The van der Waals surface area contributed by atoms with Crippen LogP contribution >= 0.6 is 15.6 Å². The molecule has 15 nitrogen and oxygen atoms in total. The summed E-state index contributed by atoms with van der Waals surface area (Å²) in [6.45, 7) is 3.37. The van der Waals surface area contributed by atoms with E-state index in [1.54, 1.807) is 0 Å². The fourth-order valence-electron chi connectivity index (χ4n) is 4.89. The van der Waals surface area contributed by atoms with Crippen LogP contribution in [0.15, 0.2) is 41.4 Å². The van der Waals surface area contributed by atoms with Gasteiger partial charge in [-0.25, -0.2) is 28.9 Å². The van der Waals surface area contributed by atoms with Crippen LogP contribution in [-0.2, 0) is 38.0 Å². The van der Waals surface area contributed by atoms with Crippen LogP contribution in [0.5, 0.6) is 11.5 Å². The normalized spacial score (nSPS) is 12.0. The molecular formula is C28H35N5O10P2. The largest absolute Gasteiger partial charge is 0.524 e. The quantitative estimate of drug-likeness (QED) is 0.0463. The van der Waals surface area contributed by atoms with Gasteiger partial charge in [0.2, 0.25) is 6.08 Å². The van der Waals surface area contributed by atoms with Crippen molar-refractivity contribution >= 4 is 49.5 Å². The van der Waals surface area contributed by atoms with Gasteiger partial charge in [0.15, 0.2) is 5.82 Å². The van der Waals surface area contributed by atoms with E-state index in [1.165, 1.54) is 18.2 Å². The van der Waals surface area contributed by atoms with E-state index in [2.05, 4.69) is 9.98 Å². The Balaban J connectivity index is 1.76. The maximum atomic E-state index is 11.8. The number of aliphatic imine (C=N–C) groups is 1. The highest BCUT2D eigenvalue weighted by atomic mass is 31.2. The van der Waals surface area contributed by atoms with Crippen LogP contribution in [-0.4, -0.2) is 59.9 Å². The molecule has 0 aliphatic rings. The number of imidazole rings is 1. The number of phosphoric acid groups is 2. The number of phosphoric ester groups is 2. The third-order valence-corrected chi connectivity index (χ3v) is 7.66. The van der Waals surface area contributed by atoms with E-state index in [0.717, 1.165) is 36.3 Å². The van der Waals surface area contributed by atoms with Gasteiger partial charge >= 0.3 is 15.6 Å². The molecule has 0 aliphatic heterocycles. The second kappa shape index (κ2) is 15.1. The summed E-state index contributed by atoms with van der Waals surface area (Å²) >= 11 is 0. The molecule has 242 valence electrons. The number of aryl methyl sites for hydroxylation is 2. The number of nitrogen functional groups attached to an aromatic ring is 1. The molecule has 0 saturated heterocycles. The van der Waals surface area contributed by atoms with Gasteiger partial charge in [0.25, 0.3) is 0 Å². The van der Waals surface area contributed by atoms with E-state index < -0.39 is 15.6 Å². The molecule has 45 heavy (non-hydrogen) atoms. The predicted molar refractivity (Wildman–Crippen MR) is 166 cm³/mol. The molecule has 4 rings (SSSR count). The van der Waals surface area contributed by atoms with Crippen molar-refractivity contribution in [2.24, 2.45) is 4.99 Å². The summed E-state index contributed by atoms with van der Waals surface area (Å²) in [5.74, 6) is 0.422. The van der Waals surface area contributed by atoms with Crippen LogP contribution < -0.4 is 14.8 Å². The Morgan fingerprint density at radius 2 is 1.71 bits per heavy atom. The third kappa shape index (κ3) is 9.67. The van der Waals surface area contributed by atoms with Gasteiger partial charge in [-0.15, -0.1) is 0 Å². The van der Waals surface area contributed by atoms with Crippen LogP contribution in [0.4, 0.5) is 5.82 Å². The number of hydrogen-bond donors (Lipinski definition) is 5. The van der Waals surface area contributed by atoms with Gasteiger partial charge in [-0.1, -0.05) is 19.4 Å². The van der Waals surface area contributed by atoms with Gasteiger partial charge in [-0.05, 0) is 61.6 Å². The average molecular weight is 664 g/mol. The van der Waals surface area contributed by atoms with Crippen molar-refractivity contribution in [3.8, 4) is 11.5 Å². The van der Waals surface area contributed by atoms with Crippen LogP contribution in [0.25, 0.3) is 21.9 Å². The summed E-state index contributed by atoms with van der Waals surface area (Å²) in [7, 11) is -9.92. The first-order chi connectivity index (χ1) is 21.4. The average Bonchev–Trinajstić information content (AvgIpc) is 3.32. The number of anilines is 1. The fourth-order valence-corrected chi connectivity index (χ4v) is 5.71. The highest BCUT2D eigenvalue weighted by Crippen LogP contribution is 2.43. The standard InChI is InChI=1S/C28H35N5O10P2/c1-2-3-7-25-32-26-27(33(25)17-20-16-21(42-44(35,36)37)9-11-24(20)43-45(38,39)40)22-15-19(8-10-23(22)31-28(26)29)6-4-13-41-14-5-12-30-18-34/h8-11,15-16H,2-7,12-14,17H2,1H3,(H2,29,31)(H2,35,36,37)(H2,38,39,40). The third-order valence-electron chi connectivity index (χ3n) is 6.78. The summed E-state index contributed by atoms with van der Waals surface area (Å²) in [5.41, 5.74) is 9.26. The van der Waals surface area contributed by atoms with Crippen LogP contribution in [0.2, 0.25) is 0 Å². The van der Waals surface area contributed by atoms with Crippen molar-refractivity contribution in [1.29, 1.82) is 0 Å². The maximum absolute atomic E-state index is 11.8. The van der Waals surface area contributed by atoms with Crippen molar-refractivity contribution < 1.29 is 47.3 Å². The van der Waals surface area contributed by atoms with Gasteiger partial charge in [-0.3, -0.25) is 19.6 Å². The number of fused-ring (bicyclic) bond motifs is 3. The lowest BCUT2D eigenvalue weighted by molar-refractivity contribution is 0.131. The molecule has 17 heteroatoms. The molecule has 0 amide bonds. The van der Waals surface area contributed by atoms with Crippen molar-refractivity contribution in [1.82, 2.24) is 14.5 Å². The summed E-state index contributed by atoms with van der Waals surface area (Å²) in [5, 5.41) is 0.750. The van der Waals surface area contributed by atoms with Crippen LogP contribution in [0.3, 0.4) is 0 Å². The predicted octanol–water partition coefficient (Wildman–Crippen LogP) is 4.18. The summed E-state index contributed by atoms with van der Waals surface area (Å²) in [4.78, 5) is 60.8. The minimum absolute atomic E-state index is 0.0476. The monoisotopic (exact) mass is 663 g/mol. The molecule has 0 fully saturated rings. The fraction of sp³-hybridized carbons (Fsp3) is 0.393.